The van der Waals surface area contributed by atoms with Crippen molar-refractivity contribution in [3.05, 3.63) is 42.0 Å². The van der Waals surface area contributed by atoms with E-state index in [1.807, 2.05) is 36.4 Å². The van der Waals surface area contributed by atoms with Crippen LogP contribution in [0.2, 0.25) is 0 Å². The summed E-state index contributed by atoms with van der Waals surface area (Å²) in [6.45, 7) is 2.13. The van der Waals surface area contributed by atoms with Gasteiger partial charge in [0.1, 0.15) is 6.54 Å². The molecule has 0 spiro atoms. The minimum absolute atomic E-state index is 0.154. The highest BCUT2D eigenvalue weighted by molar-refractivity contribution is 5.94. The number of nitrogens with zero attached hydrogens (tertiary/aromatic N) is 1. The van der Waals surface area contributed by atoms with E-state index in [4.69, 9.17) is 5.73 Å². The fourth-order valence-electron chi connectivity index (χ4n) is 1.83. The molecule has 0 aliphatic rings. The molecule has 0 aliphatic carbocycles. The monoisotopic (exact) mass is 247 g/mol. The molecule has 0 atom stereocenters. The molecule has 18 heavy (non-hydrogen) atoms. The van der Waals surface area contributed by atoms with Gasteiger partial charge in [-0.2, -0.15) is 0 Å². The maximum absolute atomic E-state index is 11.9. The molecule has 1 rings (SSSR count). The van der Waals surface area contributed by atoms with Gasteiger partial charge >= 0.3 is 0 Å². The molecular weight excluding hydrogens is 224 g/mol. The van der Waals surface area contributed by atoms with Crippen LogP contribution in [0, 0.1) is 0 Å². The van der Waals surface area contributed by atoms with Gasteiger partial charge in [-0.3, -0.25) is 4.79 Å². The number of carbonyl (C=O) groups is 1. The van der Waals surface area contributed by atoms with Crippen LogP contribution >= 0.6 is 0 Å². The van der Waals surface area contributed by atoms with Crippen LogP contribution < -0.4 is 5.73 Å². The number of rotatable bonds is 7. The van der Waals surface area contributed by atoms with Crippen LogP contribution in [0.5, 0.6) is 0 Å². The fourth-order valence-corrected chi connectivity index (χ4v) is 1.83. The molecule has 98 valence electrons. The Bertz CT molecular complexity index is 396. The zero-order valence-corrected chi connectivity index (χ0v) is 11.3. The van der Waals surface area contributed by atoms with Gasteiger partial charge in [0.15, 0.2) is 0 Å². The van der Waals surface area contributed by atoms with E-state index in [1.165, 1.54) is 0 Å². The summed E-state index contributed by atoms with van der Waals surface area (Å²) in [5.74, 6) is 0.154. The maximum atomic E-state index is 11.9. The van der Waals surface area contributed by atoms with Crippen LogP contribution in [0.4, 0.5) is 0 Å². The van der Waals surface area contributed by atoms with E-state index in [-0.39, 0.29) is 5.78 Å². The Labute approximate surface area is 109 Å². The summed E-state index contributed by atoms with van der Waals surface area (Å²) in [5.41, 5.74) is 6.55. The van der Waals surface area contributed by atoms with Crippen LogP contribution in [0.15, 0.2) is 36.4 Å². The molecule has 1 aromatic carbocycles. The number of likely N-dealkylation sites (N-methyl/N-ethyl adjacent to an activating group) is 1. The van der Waals surface area contributed by atoms with E-state index in [0.29, 0.717) is 17.6 Å². The van der Waals surface area contributed by atoms with Gasteiger partial charge in [0.2, 0.25) is 5.78 Å². The number of quaternary nitrogens is 1. The molecule has 0 saturated carbocycles. The van der Waals surface area contributed by atoms with E-state index in [0.717, 1.165) is 18.5 Å². The second-order valence-electron chi connectivity index (χ2n) is 5.17. The van der Waals surface area contributed by atoms with Gasteiger partial charge < -0.3 is 10.2 Å². The number of hydrogen-bond donors (Lipinski definition) is 1. The van der Waals surface area contributed by atoms with Gasteiger partial charge in [-0.1, -0.05) is 36.4 Å². The topological polar surface area (TPSA) is 43.1 Å². The Hall–Kier alpha value is -1.45. The number of carbonyl (C=O) groups excluding carboxylic acids is 1. The second kappa shape index (κ2) is 7.09. The van der Waals surface area contributed by atoms with Crippen molar-refractivity contribution in [3.63, 3.8) is 0 Å². The number of nitrogens with two attached hydrogens (primary N) is 1. The van der Waals surface area contributed by atoms with Crippen LogP contribution in [-0.4, -0.2) is 44.0 Å². The first-order valence-electron chi connectivity index (χ1n) is 6.31. The summed E-state index contributed by atoms with van der Waals surface area (Å²) >= 11 is 0. The zero-order valence-electron chi connectivity index (χ0n) is 11.3. The second-order valence-corrected chi connectivity index (χ2v) is 5.17. The zero-order chi connectivity index (χ0) is 13.4. The summed E-state index contributed by atoms with van der Waals surface area (Å²) in [6.07, 6.45) is 4.48. The summed E-state index contributed by atoms with van der Waals surface area (Å²) in [5, 5.41) is 0. The summed E-state index contributed by atoms with van der Waals surface area (Å²) in [7, 11) is 4.12. The van der Waals surface area contributed by atoms with Crippen molar-refractivity contribution in [2.75, 3.05) is 33.7 Å². The third-order valence-electron chi connectivity index (χ3n) is 2.81. The number of benzene rings is 1. The first kappa shape index (κ1) is 14.6. The lowest BCUT2D eigenvalue weighted by Gasteiger charge is -2.28. The molecule has 0 amide bonds. The third-order valence-corrected chi connectivity index (χ3v) is 2.81. The summed E-state index contributed by atoms with van der Waals surface area (Å²) in [6, 6.07) is 9.86. The largest absolute Gasteiger partial charge is 0.330 e. The van der Waals surface area contributed by atoms with Crippen molar-refractivity contribution in [2.24, 2.45) is 5.73 Å². The van der Waals surface area contributed by atoms with Crippen molar-refractivity contribution >= 4 is 11.9 Å². The fraction of sp³-hybridized carbons (Fsp3) is 0.400. The lowest BCUT2D eigenvalue weighted by Crippen LogP contribution is -2.44. The maximum Gasteiger partial charge on any atom is 0.209 e. The standard InChI is InChI=1S/C15H23N2O/c1-17(2,12-6-11-16)13-15(18)10-9-14-7-4-3-5-8-14/h3-5,7-10H,6,11-13,16H2,1-2H3/q+1. The van der Waals surface area contributed by atoms with Crippen LogP contribution in [0.25, 0.3) is 6.08 Å². The van der Waals surface area contributed by atoms with Crippen LogP contribution in [0.3, 0.4) is 0 Å². The van der Waals surface area contributed by atoms with Crippen LogP contribution in [0.1, 0.15) is 12.0 Å². The molecule has 0 aliphatic heterocycles. The van der Waals surface area contributed by atoms with E-state index in [2.05, 4.69) is 14.1 Å². The normalized spacial score (nSPS) is 11.9. The summed E-state index contributed by atoms with van der Waals surface area (Å²) < 4.78 is 0.690. The first-order chi connectivity index (χ1) is 8.53. The van der Waals surface area contributed by atoms with Crippen molar-refractivity contribution in [1.29, 1.82) is 0 Å². The van der Waals surface area contributed by atoms with Gasteiger partial charge in [-0.05, 0) is 18.2 Å². The molecule has 1 aromatic rings. The SMILES string of the molecule is C[N+](C)(CCCN)CC(=O)C=Cc1ccccc1. The average Bonchev–Trinajstić information content (AvgIpc) is 2.35. The molecule has 0 radical (unpaired) electrons. The molecule has 0 saturated heterocycles. The molecule has 2 N–H and O–H groups in total. The Balaban J connectivity index is 2.49. The Kier molecular flexibility index (Phi) is 5.75. The first-order valence-corrected chi connectivity index (χ1v) is 6.31. The molecule has 0 aromatic heterocycles. The van der Waals surface area contributed by atoms with E-state index in [1.54, 1.807) is 6.08 Å². The highest BCUT2D eigenvalue weighted by Gasteiger charge is 2.17. The van der Waals surface area contributed by atoms with Crippen molar-refractivity contribution < 1.29 is 9.28 Å². The Morgan fingerprint density at radius 2 is 1.94 bits per heavy atom. The van der Waals surface area contributed by atoms with E-state index < -0.39 is 0 Å². The lowest BCUT2D eigenvalue weighted by molar-refractivity contribution is -0.882. The predicted octanol–water partition coefficient (Wildman–Crippen LogP) is 1.69. The quantitative estimate of drug-likeness (QED) is 0.588. The Morgan fingerprint density at radius 1 is 1.28 bits per heavy atom. The van der Waals surface area contributed by atoms with Gasteiger partial charge in [-0.15, -0.1) is 0 Å². The van der Waals surface area contributed by atoms with Gasteiger partial charge in [0.05, 0.1) is 20.6 Å². The average molecular weight is 247 g/mol. The van der Waals surface area contributed by atoms with Gasteiger partial charge in [-0.25, -0.2) is 0 Å². The highest BCUT2D eigenvalue weighted by Crippen LogP contribution is 2.03. The molecule has 3 nitrogen and oxygen atoms in total. The molecule has 0 bridgehead atoms. The minimum Gasteiger partial charge on any atom is -0.330 e. The molecule has 0 fully saturated rings. The summed E-state index contributed by atoms with van der Waals surface area (Å²) in [4.78, 5) is 11.9. The van der Waals surface area contributed by atoms with Crippen molar-refractivity contribution in [2.45, 2.75) is 6.42 Å². The van der Waals surface area contributed by atoms with Gasteiger partial charge in [0.25, 0.3) is 0 Å². The van der Waals surface area contributed by atoms with Crippen molar-refractivity contribution in [1.82, 2.24) is 0 Å². The molecule has 3 heteroatoms. The smallest absolute Gasteiger partial charge is 0.209 e. The lowest BCUT2D eigenvalue weighted by atomic mass is 10.2. The third kappa shape index (κ3) is 5.75. The molecule has 0 heterocycles. The van der Waals surface area contributed by atoms with E-state index >= 15 is 0 Å². The minimum atomic E-state index is 0.154. The number of ketones is 1. The Morgan fingerprint density at radius 3 is 2.56 bits per heavy atom. The van der Waals surface area contributed by atoms with E-state index in [9.17, 15) is 4.79 Å². The van der Waals surface area contributed by atoms with Gasteiger partial charge in [0, 0.05) is 6.42 Å². The highest BCUT2D eigenvalue weighted by atomic mass is 16.1. The molecule has 0 unspecified atom stereocenters. The number of hydrogen-bond acceptors (Lipinski definition) is 2. The van der Waals surface area contributed by atoms with Crippen molar-refractivity contribution in [3.8, 4) is 0 Å². The van der Waals surface area contributed by atoms with Crippen LogP contribution in [-0.2, 0) is 4.79 Å². The predicted molar refractivity (Wildman–Crippen MR) is 76.0 cm³/mol. The molecular formula is C15H23N2O+.